The third-order valence-corrected chi connectivity index (χ3v) is 20.1. The fourth-order valence-corrected chi connectivity index (χ4v) is 15.7. The van der Waals surface area contributed by atoms with E-state index < -0.39 is 50.2 Å². The molecule has 5 heterocycles. The zero-order valence-corrected chi connectivity index (χ0v) is 44.0. The van der Waals surface area contributed by atoms with Gasteiger partial charge < -0.3 is 47.4 Å². The fourth-order valence-electron chi connectivity index (χ4n) is 12.9. The third-order valence-electron chi connectivity index (χ3n) is 17.1. The van der Waals surface area contributed by atoms with Crippen molar-refractivity contribution in [3.63, 3.8) is 0 Å². The highest BCUT2D eigenvalue weighted by Gasteiger charge is 2.47. The van der Waals surface area contributed by atoms with Crippen LogP contribution in [0.3, 0.4) is 0 Å². The smallest absolute Gasteiger partial charge is 0.119 e. The second-order valence-electron chi connectivity index (χ2n) is 22.3. The van der Waals surface area contributed by atoms with Crippen molar-refractivity contribution >= 4 is 55.4 Å². The van der Waals surface area contributed by atoms with Crippen LogP contribution < -0.4 is 9.92 Å². The molecule has 21 unspecified atom stereocenters. The highest BCUT2D eigenvalue weighted by Crippen LogP contribution is 2.55. The first-order valence-electron chi connectivity index (χ1n) is 33.4. The molecule has 21 atom stereocenters. The van der Waals surface area contributed by atoms with E-state index in [4.69, 9.17) is 65.9 Å². The molecule has 13 fully saturated rings. The minimum Gasteiger partial charge on any atom is -0.491 e. The molecule has 1 aromatic carbocycles. The molecule has 0 spiro atoms. The van der Waals surface area contributed by atoms with Gasteiger partial charge in [-0.15, -0.1) is 0 Å². The molecule has 5 aliphatic heterocycles. The number of hydrogen-bond donors (Lipinski definition) is 0. The van der Waals surface area contributed by atoms with Crippen LogP contribution in [0, 0.1) is 59.2 Å². The van der Waals surface area contributed by atoms with E-state index in [0.29, 0.717) is 127 Å². The van der Waals surface area contributed by atoms with Crippen LogP contribution in [0.15, 0.2) is 24.3 Å². The second kappa shape index (κ2) is 23.1. The molecule has 0 amide bonds. The van der Waals surface area contributed by atoms with E-state index in [0.717, 1.165) is 123 Å². The van der Waals surface area contributed by atoms with E-state index in [2.05, 4.69) is 0 Å². The van der Waals surface area contributed by atoms with Gasteiger partial charge in [0.2, 0.25) is 0 Å². The van der Waals surface area contributed by atoms with Crippen LogP contribution in [0.25, 0.3) is 0 Å². The molecule has 0 aromatic heterocycles. The first-order chi connectivity index (χ1) is 38.2. The Hall–Kier alpha value is -0.256. The maximum atomic E-state index is 7.74. The molecular formula is C51H88O10Si5. The van der Waals surface area contributed by atoms with Gasteiger partial charge in [0.1, 0.15) is 42.9 Å². The minimum atomic E-state index is -3.42. The quantitative estimate of drug-likeness (QED) is 0.125. The Kier molecular flexibility index (Phi) is 12.0. The summed E-state index contributed by atoms with van der Waals surface area (Å²) in [6.07, 6.45) is 14.6. The van der Waals surface area contributed by atoms with Crippen LogP contribution in [0.1, 0.15) is 77.0 Å². The second-order valence-corrected chi connectivity index (χ2v) is 25.8. The molecular weight excluding hydrogens is 913 g/mol. The Balaban J connectivity index is 0.000000114. The van der Waals surface area contributed by atoms with Crippen molar-refractivity contribution < 1.29 is 47.4 Å². The average molecular weight is 1030 g/mol. The molecule has 5 saturated heterocycles. The van der Waals surface area contributed by atoms with Crippen LogP contribution in [0.2, 0.25) is 22.2 Å². The standard InChI is InChI=1S/2C11H20O2Si.2C10H18O2Si.C9H12O2Si/c14-11-3-7-1-8(11)2-9(7)4-12-5-10-6-13-10;14-11-3-7-1-8(10(11)2-7)4-12-5-9-6-13-9;13-10-3-6-1-7(10)2-9(6)12-5-8-4-11-8;13-10-3-6-1-8(10)9(2-6)12-5-7-4-11-7;12-9-3-1-7(2-4-9)10-5-8-6-11-8/h2*7-11H,1-6H2,14H3;2*6-10H,1-5H2,13H3;1-4,8H,5-6H2,12H3/i2*14T3;2*13T3;12T3. The minimum absolute atomic E-state index is 0.0105. The topological polar surface area (TPSA) is 109 Å². The SMILES string of the molecule is [3H][Si]([3H])([3H])C1CC2CC(COCC3CO3)C1C2.[3H][Si]([3H])([3H])C1CC2CC(OCC3CO3)C1C2.[3H][Si]([3H])([3H])C1CC2CC1CC2COCC1CO1.[3H][Si]([3H])([3H])C1CC2CC1CC2OCC1CO1.[3H][Si]([3H])([3H])c1ccc(OCC2CO2)cc1. The van der Waals surface area contributed by atoms with Crippen LogP contribution >= 0.6 is 0 Å². The Morgan fingerprint density at radius 2 is 0.970 bits per heavy atom. The molecule has 0 N–H and O–H groups in total. The molecule has 0 radical (unpaired) electrons. The monoisotopic (exact) mass is 1030 g/mol. The van der Waals surface area contributed by atoms with E-state index in [-0.39, 0.29) is 34.4 Å². The summed E-state index contributed by atoms with van der Waals surface area (Å²) < 4.78 is 168. The lowest BCUT2D eigenvalue weighted by atomic mass is 9.89. The predicted octanol–water partition coefficient (Wildman–Crippen LogP) is 1.37. The van der Waals surface area contributed by atoms with Crippen LogP contribution in [0.4, 0.5) is 0 Å². The summed E-state index contributed by atoms with van der Waals surface area (Å²) in [5, 5.41) is 0.470. The number of epoxide rings is 5. The number of ether oxygens (including phenoxy) is 10. The maximum absolute atomic E-state index is 7.74. The highest BCUT2D eigenvalue weighted by molar-refractivity contribution is 6.32. The van der Waals surface area contributed by atoms with Gasteiger partial charge in [-0.2, -0.15) is 0 Å². The van der Waals surface area contributed by atoms with E-state index >= 15 is 0 Å². The molecule has 1 aromatic rings. The predicted molar refractivity (Wildman–Crippen MR) is 276 cm³/mol. The number of benzene rings is 1. The van der Waals surface area contributed by atoms with Gasteiger partial charge in [-0.05, 0) is 135 Å². The fraction of sp³-hybridized carbons (Fsp3) is 0.882. The van der Waals surface area contributed by atoms with Crippen molar-refractivity contribution in [2.24, 2.45) is 59.2 Å². The van der Waals surface area contributed by atoms with Crippen LogP contribution in [0.5, 0.6) is 5.75 Å². The lowest BCUT2D eigenvalue weighted by Gasteiger charge is -2.26. The van der Waals surface area contributed by atoms with Gasteiger partial charge in [0.25, 0.3) is 0 Å². The molecule has 8 bridgehead atoms. The summed E-state index contributed by atoms with van der Waals surface area (Å²) in [6, 6.07) is 6.67. The first-order valence-corrected chi connectivity index (χ1v) is 28.7. The van der Waals surface area contributed by atoms with Crippen molar-refractivity contribution in [1.29, 1.82) is 18.5 Å². The lowest BCUT2D eigenvalue weighted by Crippen LogP contribution is -2.26. The van der Waals surface area contributed by atoms with Gasteiger partial charge in [-0.25, -0.2) is 0 Å². The maximum Gasteiger partial charge on any atom is 0.119 e. The van der Waals surface area contributed by atoms with E-state index in [1.807, 2.05) is 0 Å². The zero-order valence-electron chi connectivity index (χ0n) is 54.0. The lowest BCUT2D eigenvalue weighted by molar-refractivity contribution is 0.00884. The van der Waals surface area contributed by atoms with Crippen molar-refractivity contribution in [3.8, 4) is 5.75 Å². The largest absolute Gasteiger partial charge is 0.491 e. The van der Waals surface area contributed by atoms with Crippen LogP contribution in [-0.2, 0) is 42.6 Å². The molecule has 10 nitrogen and oxygen atoms in total. The van der Waals surface area contributed by atoms with Gasteiger partial charge in [-0.1, -0.05) is 53.2 Å². The first kappa shape index (κ1) is 34.2. The summed E-state index contributed by atoms with van der Waals surface area (Å²) in [7, 11) is -16.2. The molecule has 8 saturated carbocycles. The summed E-state index contributed by atoms with van der Waals surface area (Å²) in [4.78, 5) is 0. The Morgan fingerprint density at radius 3 is 1.52 bits per heavy atom. The summed E-state index contributed by atoms with van der Waals surface area (Å²) in [5.74, 6) is 5.90. The van der Waals surface area contributed by atoms with Crippen molar-refractivity contribution in [2.75, 3.05) is 79.3 Å². The van der Waals surface area contributed by atoms with E-state index in [1.165, 1.54) is 6.42 Å². The Morgan fingerprint density at radius 1 is 0.439 bits per heavy atom. The van der Waals surface area contributed by atoms with E-state index in [1.54, 1.807) is 24.3 Å². The molecule has 372 valence electrons. The van der Waals surface area contributed by atoms with Crippen LogP contribution in [-0.4, -0.2) is 191 Å². The summed E-state index contributed by atoms with van der Waals surface area (Å²) in [5.41, 5.74) is 0.230. The summed E-state index contributed by atoms with van der Waals surface area (Å²) in [6.45, 7) is 9.03. The Labute approximate surface area is 430 Å². The van der Waals surface area contributed by atoms with Gasteiger partial charge in [0, 0.05) is 81.9 Å². The molecule has 15 heteroatoms. The van der Waals surface area contributed by atoms with Crippen molar-refractivity contribution in [1.82, 2.24) is 0 Å². The van der Waals surface area contributed by atoms with Gasteiger partial charge in [-0.3, -0.25) is 0 Å². The van der Waals surface area contributed by atoms with E-state index in [9.17, 15) is 0 Å². The number of hydrogen-bond acceptors (Lipinski definition) is 10. The van der Waals surface area contributed by atoms with Gasteiger partial charge in [0.05, 0.1) is 71.7 Å². The average Bonchev–Trinajstić information content (AvgIpc) is 4.23. The molecule has 14 rings (SSSR count). The van der Waals surface area contributed by atoms with Gasteiger partial charge in [0.15, 0.2) is 0 Å². The van der Waals surface area contributed by atoms with Gasteiger partial charge >= 0.3 is 0 Å². The summed E-state index contributed by atoms with van der Waals surface area (Å²) >= 11 is 0. The molecule has 66 heavy (non-hydrogen) atoms. The molecule has 8 aliphatic carbocycles. The highest BCUT2D eigenvalue weighted by atomic mass is 28.2. The molecule has 13 aliphatic rings. The van der Waals surface area contributed by atoms with Crippen molar-refractivity contribution in [3.05, 3.63) is 24.3 Å². The Bertz CT molecular complexity index is 2170. The number of rotatable bonds is 22. The normalized spacial score (nSPS) is 50.1. The third kappa shape index (κ3) is 14.5. The zero-order chi connectivity index (χ0) is 57.6. The number of fused-ring (bicyclic) bond motifs is 8. The van der Waals surface area contributed by atoms with Crippen molar-refractivity contribution in [2.45, 2.75) is 142 Å².